The Labute approximate surface area is 173 Å². The minimum absolute atomic E-state index is 0.0228. The number of halogens is 2. The lowest BCUT2D eigenvalue weighted by Crippen LogP contribution is -2.21. The summed E-state index contributed by atoms with van der Waals surface area (Å²) >= 11 is 0. The van der Waals surface area contributed by atoms with E-state index in [9.17, 15) is 13.6 Å². The average Bonchev–Trinajstić information content (AvgIpc) is 3.17. The SMILES string of the molecule is C=C(C)C(F)=CC(=CCC)Oc1ccc(COc2cc3n(c(=O)n2)CCN3)cc1F. The van der Waals surface area contributed by atoms with Crippen molar-refractivity contribution < 1.29 is 18.3 Å². The fourth-order valence-electron chi connectivity index (χ4n) is 2.80. The van der Waals surface area contributed by atoms with E-state index in [4.69, 9.17) is 9.47 Å². The Morgan fingerprint density at radius 2 is 2.20 bits per heavy atom. The Balaban J connectivity index is 1.70. The average molecular weight is 415 g/mol. The predicted octanol–water partition coefficient (Wildman–Crippen LogP) is 4.49. The number of allylic oxidation sites excluding steroid dienone is 4. The number of nitrogens with one attached hydrogen (secondary N) is 1. The zero-order chi connectivity index (χ0) is 21.7. The van der Waals surface area contributed by atoms with Crippen LogP contribution in [0, 0.1) is 5.82 Å². The maximum atomic E-state index is 14.5. The number of hydrogen-bond donors (Lipinski definition) is 1. The van der Waals surface area contributed by atoms with Crippen LogP contribution < -0.4 is 20.5 Å². The zero-order valence-corrected chi connectivity index (χ0v) is 16.9. The third-order valence-electron chi connectivity index (χ3n) is 4.32. The van der Waals surface area contributed by atoms with Gasteiger partial charge < -0.3 is 14.8 Å². The van der Waals surface area contributed by atoms with Crippen LogP contribution in [-0.4, -0.2) is 16.1 Å². The Morgan fingerprint density at radius 3 is 2.90 bits per heavy atom. The highest BCUT2D eigenvalue weighted by Gasteiger charge is 2.14. The van der Waals surface area contributed by atoms with Crippen LogP contribution >= 0.6 is 0 Å². The van der Waals surface area contributed by atoms with Crippen LogP contribution in [0.2, 0.25) is 0 Å². The van der Waals surface area contributed by atoms with E-state index in [2.05, 4.69) is 16.9 Å². The van der Waals surface area contributed by atoms with Crippen LogP contribution in [0.25, 0.3) is 0 Å². The van der Waals surface area contributed by atoms with Gasteiger partial charge >= 0.3 is 5.69 Å². The fourth-order valence-corrected chi connectivity index (χ4v) is 2.80. The molecule has 1 aromatic carbocycles. The molecule has 2 heterocycles. The van der Waals surface area contributed by atoms with Gasteiger partial charge in [-0.2, -0.15) is 4.98 Å². The molecule has 1 N–H and O–H groups in total. The monoisotopic (exact) mass is 415 g/mol. The second kappa shape index (κ2) is 9.39. The van der Waals surface area contributed by atoms with Gasteiger partial charge in [0.05, 0.1) is 0 Å². The van der Waals surface area contributed by atoms with Crippen LogP contribution in [-0.2, 0) is 13.2 Å². The van der Waals surface area contributed by atoms with E-state index in [1.165, 1.54) is 29.7 Å². The van der Waals surface area contributed by atoms with Gasteiger partial charge in [0.1, 0.15) is 24.0 Å². The van der Waals surface area contributed by atoms with Crippen molar-refractivity contribution in [3.05, 3.63) is 82.0 Å². The van der Waals surface area contributed by atoms with Crippen molar-refractivity contribution in [3.8, 4) is 11.6 Å². The predicted molar refractivity (Wildman–Crippen MR) is 111 cm³/mol. The first-order valence-electron chi connectivity index (χ1n) is 9.55. The highest BCUT2D eigenvalue weighted by atomic mass is 19.1. The van der Waals surface area contributed by atoms with Crippen LogP contribution in [0.15, 0.2) is 65.0 Å². The number of anilines is 1. The van der Waals surface area contributed by atoms with E-state index in [1.807, 2.05) is 6.92 Å². The van der Waals surface area contributed by atoms with Gasteiger partial charge in [0.15, 0.2) is 11.6 Å². The first-order chi connectivity index (χ1) is 14.4. The van der Waals surface area contributed by atoms with Crippen LogP contribution in [0.5, 0.6) is 11.6 Å². The van der Waals surface area contributed by atoms with Crippen molar-refractivity contribution in [1.82, 2.24) is 9.55 Å². The van der Waals surface area contributed by atoms with E-state index >= 15 is 0 Å². The van der Waals surface area contributed by atoms with Gasteiger partial charge in [-0.25, -0.2) is 13.6 Å². The van der Waals surface area contributed by atoms with E-state index in [0.29, 0.717) is 30.9 Å². The van der Waals surface area contributed by atoms with Crippen molar-refractivity contribution in [2.45, 2.75) is 33.4 Å². The van der Waals surface area contributed by atoms with E-state index in [0.717, 1.165) is 0 Å². The molecule has 0 saturated heterocycles. The van der Waals surface area contributed by atoms with Gasteiger partial charge in [0.2, 0.25) is 5.88 Å². The molecule has 0 atom stereocenters. The molecule has 8 heteroatoms. The largest absolute Gasteiger partial charge is 0.473 e. The Kier molecular flexibility index (Phi) is 6.66. The topological polar surface area (TPSA) is 65.4 Å². The number of benzene rings is 1. The molecule has 0 amide bonds. The second-order valence-electron chi connectivity index (χ2n) is 6.78. The van der Waals surface area contributed by atoms with Gasteiger partial charge in [0, 0.05) is 25.2 Å². The third kappa shape index (κ3) is 5.14. The molecule has 0 aliphatic carbocycles. The lowest BCUT2D eigenvalue weighted by atomic mass is 10.2. The molecule has 0 fully saturated rings. The van der Waals surface area contributed by atoms with Crippen molar-refractivity contribution in [1.29, 1.82) is 0 Å². The van der Waals surface area contributed by atoms with Gasteiger partial charge in [-0.15, -0.1) is 0 Å². The molecule has 0 saturated carbocycles. The van der Waals surface area contributed by atoms with Crippen LogP contribution in [0.4, 0.5) is 14.6 Å². The first kappa shape index (κ1) is 21.3. The molecule has 30 heavy (non-hydrogen) atoms. The van der Waals surface area contributed by atoms with Crippen molar-refractivity contribution in [2.75, 3.05) is 11.9 Å². The molecule has 1 aromatic heterocycles. The number of aromatic nitrogens is 2. The number of fused-ring (bicyclic) bond motifs is 1. The normalized spacial score (nSPS) is 13.6. The van der Waals surface area contributed by atoms with Crippen molar-refractivity contribution in [2.24, 2.45) is 0 Å². The molecule has 0 unspecified atom stereocenters. The van der Waals surface area contributed by atoms with Crippen molar-refractivity contribution >= 4 is 5.82 Å². The summed E-state index contributed by atoms with van der Waals surface area (Å²) < 4.78 is 40.9. The maximum Gasteiger partial charge on any atom is 0.352 e. The molecular formula is C22H23F2N3O3. The second-order valence-corrected chi connectivity index (χ2v) is 6.78. The smallest absolute Gasteiger partial charge is 0.352 e. The Hall–Kier alpha value is -3.42. The molecule has 158 valence electrons. The number of ether oxygens (including phenoxy) is 2. The fraction of sp³-hybridized carbons (Fsp3) is 0.273. The first-order valence-corrected chi connectivity index (χ1v) is 9.55. The minimum Gasteiger partial charge on any atom is -0.473 e. The summed E-state index contributed by atoms with van der Waals surface area (Å²) in [6.07, 6.45) is 3.41. The summed E-state index contributed by atoms with van der Waals surface area (Å²) in [6.45, 7) is 8.17. The summed E-state index contributed by atoms with van der Waals surface area (Å²) in [5.74, 6) is -0.197. The molecule has 2 aromatic rings. The summed E-state index contributed by atoms with van der Waals surface area (Å²) in [6, 6.07) is 5.96. The standard InChI is InChI=1S/C22H23F2N3O3/c1-4-5-16(11-17(23)14(2)3)30-19-7-6-15(10-18(19)24)13-29-21-12-20-25-8-9-27(20)22(28)26-21/h5-7,10-12,25H,2,4,8-9,13H2,1,3H3. The molecule has 6 nitrogen and oxygen atoms in total. The number of hydrogen-bond acceptors (Lipinski definition) is 5. The summed E-state index contributed by atoms with van der Waals surface area (Å²) in [5, 5.41) is 3.07. The maximum absolute atomic E-state index is 14.5. The Morgan fingerprint density at radius 1 is 1.40 bits per heavy atom. The van der Waals surface area contributed by atoms with Crippen LogP contribution in [0.3, 0.4) is 0 Å². The van der Waals surface area contributed by atoms with E-state index < -0.39 is 17.3 Å². The highest BCUT2D eigenvalue weighted by Crippen LogP contribution is 2.24. The summed E-state index contributed by atoms with van der Waals surface area (Å²) in [4.78, 5) is 15.8. The third-order valence-corrected chi connectivity index (χ3v) is 4.32. The van der Waals surface area contributed by atoms with Crippen molar-refractivity contribution in [3.63, 3.8) is 0 Å². The zero-order valence-electron chi connectivity index (χ0n) is 16.9. The van der Waals surface area contributed by atoms with Gasteiger partial charge in [-0.05, 0) is 42.7 Å². The quantitative estimate of drug-likeness (QED) is 0.508. The van der Waals surface area contributed by atoms with Gasteiger partial charge in [-0.3, -0.25) is 4.57 Å². The molecule has 0 radical (unpaired) electrons. The lowest BCUT2D eigenvalue weighted by molar-refractivity contribution is 0.290. The number of rotatable bonds is 8. The van der Waals surface area contributed by atoms with Gasteiger partial charge in [-0.1, -0.05) is 19.6 Å². The molecule has 1 aliphatic heterocycles. The molecule has 1 aliphatic rings. The van der Waals surface area contributed by atoms with Crippen LogP contribution in [0.1, 0.15) is 25.8 Å². The Bertz CT molecular complexity index is 1070. The van der Waals surface area contributed by atoms with E-state index in [1.54, 1.807) is 18.2 Å². The summed E-state index contributed by atoms with van der Waals surface area (Å²) in [5.41, 5.74) is 0.385. The molecule has 3 rings (SSSR count). The number of nitrogens with zero attached hydrogens (tertiary/aromatic N) is 2. The lowest BCUT2D eigenvalue weighted by Gasteiger charge is -2.11. The summed E-state index contributed by atoms with van der Waals surface area (Å²) in [7, 11) is 0. The highest BCUT2D eigenvalue weighted by molar-refractivity contribution is 5.41. The van der Waals surface area contributed by atoms with Gasteiger partial charge in [0.25, 0.3) is 0 Å². The van der Waals surface area contributed by atoms with E-state index in [-0.39, 0.29) is 29.6 Å². The minimum atomic E-state index is -0.620. The molecule has 0 bridgehead atoms. The molecule has 0 spiro atoms. The molecular weight excluding hydrogens is 392 g/mol.